The van der Waals surface area contributed by atoms with Gasteiger partial charge in [-0.25, -0.2) is 8.42 Å². The Hall–Kier alpha value is -3.21. The van der Waals surface area contributed by atoms with E-state index in [4.69, 9.17) is 0 Å². The zero-order chi connectivity index (χ0) is 23.0. The van der Waals surface area contributed by atoms with E-state index in [1.54, 1.807) is 42.5 Å². The molecule has 1 unspecified atom stereocenters. The van der Waals surface area contributed by atoms with Gasteiger partial charge in [-0.3, -0.25) is 9.89 Å². The number of amides is 1. The molecule has 1 fully saturated rings. The fraction of sp³-hybridized carbons (Fsp3) is 0.304. The van der Waals surface area contributed by atoms with E-state index in [9.17, 15) is 18.3 Å². The molecule has 0 spiro atoms. The highest BCUT2D eigenvalue weighted by Crippen LogP contribution is 2.32. The molecule has 3 heterocycles. The molecule has 1 amide bonds. The van der Waals surface area contributed by atoms with Gasteiger partial charge in [-0.15, -0.1) is 0 Å². The quantitative estimate of drug-likeness (QED) is 0.512. The lowest BCUT2D eigenvalue weighted by Crippen LogP contribution is -2.31. The Balaban J connectivity index is 1.28. The summed E-state index contributed by atoms with van der Waals surface area (Å²) in [5.74, 6) is 0.0186. The smallest absolute Gasteiger partial charge is 0.256 e. The number of aromatic amines is 1. The van der Waals surface area contributed by atoms with Crippen LogP contribution in [0.3, 0.4) is 0 Å². The summed E-state index contributed by atoms with van der Waals surface area (Å²) < 4.78 is 27.2. The Morgan fingerprint density at radius 2 is 1.88 bits per heavy atom. The third-order valence-electron chi connectivity index (χ3n) is 6.28. The molecule has 172 valence electrons. The van der Waals surface area contributed by atoms with Crippen LogP contribution in [0, 0.1) is 0 Å². The molecule has 1 saturated heterocycles. The summed E-state index contributed by atoms with van der Waals surface area (Å²) in [5.41, 5.74) is 2.79. The van der Waals surface area contributed by atoms with Gasteiger partial charge in [-0.1, -0.05) is 18.2 Å². The van der Waals surface area contributed by atoms with Crippen molar-refractivity contribution in [3.8, 4) is 0 Å². The Morgan fingerprint density at radius 3 is 2.61 bits per heavy atom. The van der Waals surface area contributed by atoms with Crippen molar-refractivity contribution in [3.63, 3.8) is 0 Å². The lowest BCUT2D eigenvalue weighted by Gasteiger charge is -2.25. The number of hydrogen-bond donors (Lipinski definition) is 3. The highest BCUT2D eigenvalue weighted by atomic mass is 32.2. The number of carbonyl (C=O) groups is 1. The monoisotopic (exact) mass is 467 g/mol. The van der Waals surface area contributed by atoms with E-state index < -0.39 is 10.0 Å². The molecule has 0 bridgehead atoms. The van der Waals surface area contributed by atoms with E-state index in [-0.39, 0.29) is 36.5 Å². The number of aliphatic hydroxyl groups excluding tert-OH is 1. The minimum absolute atomic E-state index is 0.115. The van der Waals surface area contributed by atoms with Gasteiger partial charge in [0.05, 0.1) is 29.8 Å². The maximum Gasteiger partial charge on any atom is 0.256 e. The number of aliphatic hydroxyl groups is 1. The summed E-state index contributed by atoms with van der Waals surface area (Å²) in [6.07, 6.45) is 1.99. The van der Waals surface area contributed by atoms with Gasteiger partial charge in [-0.05, 0) is 49.2 Å². The van der Waals surface area contributed by atoms with Crippen molar-refractivity contribution in [2.75, 3.05) is 23.4 Å². The summed E-state index contributed by atoms with van der Waals surface area (Å²) in [6.45, 7) is 1.31. The second-order valence-electron chi connectivity index (χ2n) is 8.29. The molecule has 0 saturated carbocycles. The van der Waals surface area contributed by atoms with Gasteiger partial charge >= 0.3 is 0 Å². The van der Waals surface area contributed by atoms with Crippen LogP contribution in [-0.4, -0.2) is 53.1 Å². The minimum atomic E-state index is -3.64. The van der Waals surface area contributed by atoms with Gasteiger partial charge in [0.15, 0.2) is 5.82 Å². The van der Waals surface area contributed by atoms with Gasteiger partial charge in [-0.2, -0.15) is 9.40 Å². The van der Waals surface area contributed by atoms with Crippen LogP contribution in [0.4, 0.5) is 11.5 Å². The molecule has 1 atom stereocenters. The van der Waals surface area contributed by atoms with Crippen molar-refractivity contribution in [1.29, 1.82) is 0 Å². The standard InChI is InChI=1S/C23H25N5O4S/c29-15-18-5-4-12-28(18)17-10-8-16(9-11-17)23(30)24-22-20-13-27(14-21(20)25-26-22)33(31,32)19-6-2-1-3-7-19/h1-3,6-11,18,29H,4-5,12-15H2,(H2,24,25,26,30). The van der Waals surface area contributed by atoms with Crippen LogP contribution in [-0.2, 0) is 23.1 Å². The van der Waals surface area contributed by atoms with Gasteiger partial charge in [0.2, 0.25) is 10.0 Å². The second-order valence-corrected chi connectivity index (χ2v) is 10.2. The molecule has 33 heavy (non-hydrogen) atoms. The number of H-pyrrole nitrogens is 1. The van der Waals surface area contributed by atoms with Crippen LogP contribution in [0.1, 0.15) is 34.5 Å². The number of benzene rings is 2. The third-order valence-corrected chi connectivity index (χ3v) is 8.09. The maximum atomic E-state index is 12.9. The van der Waals surface area contributed by atoms with Crippen LogP contribution in [0.2, 0.25) is 0 Å². The number of sulfonamides is 1. The Labute approximate surface area is 192 Å². The Kier molecular flexibility index (Phi) is 5.65. The number of carbonyl (C=O) groups excluding carboxylic acids is 1. The first-order valence-electron chi connectivity index (χ1n) is 10.9. The minimum Gasteiger partial charge on any atom is -0.394 e. The average Bonchev–Trinajstić information content (AvgIpc) is 3.57. The number of nitrogens with zero attached hydrogens (tertiary/aromatic N) is 3. The molecule has 0 aliphatic carbocycles. The number of aromatic nitrogens is 2. The van der Waals surface area contributed by atoms with E-state index >= 15 is 0 Å². The van der Waals surface area contributed by atoms with E-state index in [1.165, 1.54) is 4.31 Å². The lowest BCUT2D eigenvalue weighted by molar-refractivity contribution is 0.102. The lowest BCUT2D eigenvalue weighted by atomic mass is 10.1. The molecule has 3 aromatic rings. The van der Waals surface area contributed by atoms with E-state index in [0.29, 0.717) is 22.6 Å². The van der Waals surface area contributed by atoms with Crippen molar-refractivity contribution in [2.45, 2.75) is 36.9 Å². The maximum absolute atomic E-state index is 12.9. The fourth-order valence-electron chi connectivity index (χ4n) is 4.48. The molecule has 5 rings (SSSR count). The van der Waals surface area contributed by atoms with E-state index in [2.05, 4.69) is 20.4 Å². The van der Waals surface area contributed by atoms with Crippen molar-refractivity contribution in [3.05, 3.63) is 71.4 Å². The van der Waals surface area contributed by atoms with Gasteiger partial charge in [0, 0.05) is 29.9 Å². The molecule has 2 aliphatic heterocycles. The molecule has 3 N–H and O–H groups in total. The summed E-state index contributed by atoms with van der Waals surface area (Å²) >= 11 is 0. The molecule has 0 radical (unpaired) electrons. The number of nitrogens with one attached hydrogen (secondary N) is 2. The van der Waals surface area contributed by atoms with Gasteiger partial charge in [0.1, 0.15) is 0 Å². The summed E-state index contributed by atoms with van der Waals surface area (Å²) in [6, 6.07) is 15.7. The van der Waals surface area contributed by atoms with Crippen molar-refractivity contribution in [1.82, 2.24) is 14.5 Å². The summed E-state index contributed by atoms with van der Waals surface area (Å²) in [4.78, 5) is 15.2. The molecule has 2 aromatic carbocycles. The first kappa shape index (κ1) is 21.6. The Morgan fingerprint density at radius 1 is 1.12 bits per heavy atom. The van der Waals surface area contributed by atoms with E-state index in [1.807, 2.05) is 12.1 Å². The van der Waals surface area contributed by atoms with Crippen LogP contribution in [0.5, 0.6) is 0 Å². The third kappa shape index (κ3) is 4.01. The second kappa shape index (κ2) is 8.62. The number of fused-ring (bicyclic) bond motifs is 1. The van der Waals surface area contributed by atoms with Crippen molar-refractivity contribution < 1.29 is 18.3 Å². The number of hydrogen-bond acceptors (Lipinski definition) is 6. The molecular formula is C23H25N5O4S. The van der Waals surface area contributed by atoms with Crippen LogP contribution < -0.4 is 10.2 Å². The first-order valence-corrected chi connectivity index (χ1v) is 12.3. The predicted octanol–water partition coefficient (Wildman–Crippen LogP) is 2.33. The van der Waals surface area contributed by atoms with Crippen molar-refractivity contribution in [2.24, 2.45) is 0 Å². The van der Waals surface area contributed by atoms with Crippen LogP contribution >= 0.6 is 0 Å². The SMILES string of the molecule is O=C(Nc1n[nH]c2c1CN(S(=O)(=O)c1ccccc1)C2)c1ccc(N2CCCC2CO)cc1. The average molecular weight is 468 g/mol. The topological polar surface area (TPSA) is 119 Å². The zero-order valence-electron chi connectivity index (χ0n) is 17.9. The first-order chi connectivity index (χ1) is 16.0. The number of anilines is 2. The van der Waals surface area contributed by atoms with E-state index in [0.717, 1.165) is 25.1 Å². The summed E-state index contributed by atoms with van der Waals surface area (Å²) in [7, 11) is -3.64. The molecule has 1 aromatic heterocycles. The predicted molar refractivity (Wildman–Crippen MR) is 123 cm³/mol. The summed E-state index contributed by atoms with van der Waals surface area (Å²) in [5, 5.41) is 19.4. The van der Waals surface area contributed by atoms with Gasteiger partial charge in [0.25, 0.3) is 5.91 Å². The fourth-order valence-corrected chi connectivity index (χ4v) is 5.87. The molecular weight excluding hydrogens is 442 g/mol. The molecule has 10 heteroatoms. The van der Waals surface area contributed by atoms with Crippen LogP contribution in [0.25, 0.3) is 0 Å². The highest BCUT2D eigenvalue weighted by molar-refractivity contribution is 7.89. The highest BCUT2D eigenvalue weighted by Gasteiger charge is 2.34. The number of rotatable bonds is 6. The molecule has 9 nitrogen and oxygen atoms in total. The van der Waals surface area contributed by atoms with Crippen LogP contribution in [0.15, 0.2) is 59.5 Å². The van der Waals surface area contributed by atoms with Gasteiger partial charge < -0.3 is 15.3 Å². The normalized spacial score (nSPS) is 18.5. The van der Waals surface area contributed by atoms with Crippen molar-refractivity contribution >= 4 is 27.4 Å². The molecule has 2 aliphatic rings. The largest absolute Gasteiger partial charge is 0.394 e. The Bertz CT molecular complexity index is 1260. The zero-order valence-corrected chi connectivity index (χ0v) is 18.8.